The zero-order chi connectivity index (χ0) is 13.2. The Kier molecular flexibility index (Phi) is 2.98. The molecule has 96 valence electrons. The summed E-state index contributed by atoms with van der Waals surface area (Å²) < 4.78 is 0. The molecular weight excluding hydrogens is 242 g/mol. The summed E-state index contributed by atoms with van der Waals surface area (Å²) in [6.07, 6.45) is 0.0695. The highest BCUT2D eigenvalue weighted by atomic mass is 16.6. The molecule has 2 unspecified atom stereocenters. The van der Waals surface area contributed by atoms with Crippen molar-refractivity contribution < 1.29 is 4.92 Å². The zero-order valence-corrected chi connectivity index (χ0v) is 10.2. The van der Waals surface area contributed by atoms with E-state index in [0.717, 1.165) is 12.1 Å². The fraction of sp³-hybridized carbons (Fsp3) is 0.143. The van der Waals surface area contributed by atoms with Crippen LogP contribution < -0.4 is 5.43 Å². The molecule has 2 atom stereocenters. The third kappa shape index (κ3) is 2.62. The molecular formula is C14H13N3O2. The number of nitro benzene ring substituents is 1. The lowest BCUT2D eigenvalue weighted by atomic mass is 10.1. The number of nitro groups is 1. The molecule has 0 aliphatic carbocycles. The molecule has 0 spiro atoms. The zero-order valence-electron chi connectivity index (χ0n) is 10.2. The Bertz CT molecular complexity index is 601. The van der Waals surface area contributed by atoms with Gasteiger partial charge in [0.15, 0.2) is 0 Å². The number of hydrogen-bond donors (Lipinski definition) is 1. The fourth-order valence-corrected chi connectivity index (χ4v) is 2.10. The van der Waals surface area contributed by atoms with E-state index in [1.807, 2.05) is 29.3 Å². The van der Waals surface area contributed by atoms with E-state index in [0.29, 0.717) is 0 Å². The predicted octanol–water partition coefficient (Wildman–Crippen LogP) is 2.61. The molecule has 1 N–H and O–H groups in total. The van der Waals surface area contributed by atoms with Crippen molar-refractivity contribution in [3.8, 4) is 0 Å². The topological polar surface area (TPSA) is 68.1 Å². The second-order valence-corrected chi connectivity index (χ2v) is 4.50. The first kappa shape index (κ1) is 11.8. The smallest absolute Gasteiger partial charge is 0.258 e. The van der Waals surface area contributed by atoms with E-state index >= 15 is 0 Å². The Morgan fingerprint density at radius 1 is 1.16 bits per heavy atom. The molecule has 2 aromatic carbocycles. The van der Waals surface area contributed by atoms with Gasteiger partial charge in [0.1, 0.15) is 6.17 Å². The van der Waals surface area contributed by atoms with Crippen LogP contribution in [0.5, 0.6) is 0 Å². The lowest BCUT2D eigenvalue weighted by Crippen LogP contribution is -2.00. The Morgan fingerprint density at radius 3 is 2.68 bits per heavy atom. The van der Waals surface area contributed by atoms with Crippen LogP contribution in [0.15, 0.2) is 54.6 Å². The standard InChI is InChI=1S/C14H13N3O2/c18-17(19)13-8-4-7-12(9-13)14-15-16(14)10-11-5-2-1-3-6-11/h1-9,14-15H,10H2. The van der Waals surface area contributed by atoms with Gasteiger partial charge in [-0.1, -0.05) is 42.5 Å². The van der Waals surface area contributed by atoms with E-state index in [9.17, 15) is 10.1 Å². The first-order chi connectivity index (χ1) is 9.24. The van der Waals surface area contributed by atoms with E-state index in [1.165, 1.54) is 11.6 Å². The van der Waals surface area contributed by atoms with Gasteiger partial charge >= 0.3 is 0 Å². The van der Waals surface area contributed by atoms with Crippen LogP contribution >= 0.6 is 0 Å². The third-order valence-electron chi connectivity index (χ3n) is 3.12. The van der Waals surface area contributed by atoms with Crippen molar-refractivity contribution >= 4 is 5.69 Å². The molecule has 5 heteroatoms. The molecule has 3 rings (SSSR count). The number of rotatable bonds is 4. The molecule has 0 saturated carbocycles. The van der Waals surface area contributed by atoms with Gasteiger partial charge in [0.25, 0.3) is 5.69 Å². The first-order valence-electron chi connectivity index (χ1n) is 6.05. The minimum Gasteiger partial charge on any atom is -0.258 e. The van der Waals surface area contributed by atoms with E-state index in [4.69, 9.17) is 0 Å². The van der Waals surface area contributed by atoms with Crippen LogP contribution in [0.1, 0.15) is 17.3 Å². The van der Waals surface area contributed by atoms with Gasteiger partial charge in [-0.25, -0.2) is 10.4 Å². The molecule has 1 aliphatic rings. The number of benzene rings is 2. The summed E-state index contributed by atoms with van der Waals surface area (Å²) >= 11 is 0. The van der Waals surface area contributed by atoms with Crippen LogP contribution in [0.3, 0.4) is 0 Å². The summed E-state index contributed by atoms with van der Waals surface area (Å²) in [5, 5.41) is 12.8. The lowest BCUT2D eigenvalue weighted by Gasteiger charge is -2.01. The number of hydrogen-bond acceptors (Lipinski definition) is 4. The van der Waals surface area contributed by atoms with Crippen molar-refractivity contribution in [2.45, 2.75) is 12.7 Å². The van der Waals surface area contributed by atoms with Crippen LogP contribution in [0, 0.1) is 10.1 Å². The van der Waals surface area contributed by atoms with Crippen molar-refractivity contribution in [1.82, 2.24) is 10.4 Å². The summed E-state index contributed by atoms with van der Waals surface area (Å²) in [7, 11) is 0. The van der Waals surface area contributed by atoms with E-state index in [-0.39, 0.29) is 16.8 Å². The largest absolute Gasteiger partial charge is 0.269 e. The highest BCUT2D eigenvalue weighted by Gasteiger charge is 2.35. The van der Waals surface area contributed by atoms with Crippen molar-refractivity contribution in [2.75, 3.05) is 0 Å². The van der Waals surface area contributed by atoms with Crippen molar-refractivity contribution in [3.63, 3.8) is 0 Å². The first-order valence-corrected chi connectivity index (χ1v) is 6.05. The summed E-state index contributed by atoms with van der Waals surface area (Å²) in [5.74, 6) is 0. The third-order valence-corrected chi connectivity index (χ3v) is 3.12. The second-order valence-electron chi connectivity index (χ2n) is 4.50. The maximum absolute atomic E-state index is 10.7. The number of nitrogens with one attached hydrogen (secondary N) is 1. The highest BCUT2D eigenvalue weighted by molar-refractivity contribution is 5.36. The van der Waals surface area contributed by atoms with E-state index in [2.05, 4.69) is 17.6 Å². The number of nitrogens with zero attached hydrogens (tertiary/aromatic N) is 2. The maximum Gasteiger partial charge on any atom is 0.269 e. The Morgan fingerprint density at radius 2 is 1.95 bits per heavy atom. The minimum absolute atomic E-state index is 0.0695. The van der Waals surface area contributed by atoms with Gasteiger partial charge in [-0.2, -0.15) is 0 Å². The Balaban J connectivity index is 1.69. The molecule has 5 nitrogen and oxygen atoms in total. The second kappa shape index (κ2) is 4.79. The van der Waals surface area contributed by atoms with E-state index in [1.54, 1.807) is 12.1 Å². The average Bonchev–Trinajstić information content (AvgIpc) is 3.19. The number of hydrazine groups is 1. The van der Waals surface area contributed by atoms with Crippen LogP contribution in [0.25, 0.3) is 0 Å². The molecule has 1 aliphatic heterocycles. The summed E-state index contributed by atoms with van der Waals surface area (Å²) in [4.78, 5) is 10.4. The molecule has 19 heavy (non-hydrogen) atoms. The highest BCUT2D eigenvalue weighted by Crippen LogP contribution is 2.31. The van der Waals surface area contributed by atoms with Crippen molar-refractivity contribution in [1.29, 1.82) is 0 Å². The molecule has 1 heterocycles. The number of non-ortho nitro benzene ring substituents is 1. The molecule has 0 aromatic heterocycles. The molecule has 1 fully saturated rings. The van der Waals surface area contributed by atoms with Gasteiger partial charge in [0, 0.05) is 18.7 Å². The Hall–Kier alpha value is -2.24. The van der Waals surface area contributed by atoms with Gasteiger partial charge < -0.3 is 0 Å². The van der Waals surface area contributed by atoms with Crippen LogP contribution in [0.4, 0.5) is 5.69 Å². The van der Waals surface area contributed by atoms with Gasteiger partial charge in [-0.15, -0.1) is 0 Å². The molecule has 0 amide bonds. The van der Waals surface area contributed by atoms with Crippen LogP contribution in [-0.4, -0.2) is 9.93 Å². The van der Waals surface area contributed by atoms with Crippen molar-refractivity contribution in [2.24, 2.45) is 0 Å². The lowest BCUT2D eigenvalue weighted by molar-refractivity contribution is -0.384. The Labute approximate surface area is 110 Å². The molecule has 1 saturated heterocycles. The normalized spacial score (nSPS) is 21.1. The van der Waals surface area contributed by atoms with Gasteiger partial charge in [-0.05, 0) is 11.1 Å². The average molecular weight is 255 g/mol. The van der Waals surface area contributed by atoms with Gasteiger partial charge in [0.05, 0.1) is 4.92 Å². The predicted molar refractivity (Wildman–Crippen MR) is 71.0 cm³/mol. The fourth-order valence-electron chi connectivity index (χ4n) is 2.10. The monoisotopic (exact) mass is 255 g/mol. The summed E-state index contributed by atoms with van der Waals surface area (Å²) in [5.41, 5.74) is 5.47. The SMILES string of the molecule is O=[N+]([O-])c1cccc(C2NN2Cc2ccccc2)c1. The molecule has 2 aromatic rings. The van der Waals surface area contributed by atoms with Gasteiger partial charge in [-0.3, -0.25) is 10.1 Å². The minimum atomic E-state index is -0.368. The van der Waals surface area contributed by atoms with Crippen molar-refractivity contribution in [3.05, 3.63) is 75.8 Å². The van der Waals surface area contributed by atoms with Crippen LogP contribution in [-0.2, 0) is 6.54 Å². The van der Waals surface area contributed by atoms with Crippen LogP contribution in [0.2, 0.25) is 0 Å². The maximum atomic E-state index is 10.7. The summed E-state index contributed by atoms with van der Waals surface area (Å²) in [6, 6.07) is 16.8. The van der Waals surface area contributed by atoms with E-state index < -0.39 is 0 Å². The molecule has 0 bridgehead atoms. The van der Waals surface area contributed by atoms with Gasteiger partial charge in [0.2, 0.25) is 0 Å². The summed E-state index contributed by atoms with van der Waals surface area (Å²) in [6.45, 7) is 0.786. The molecule has 0 radical (unpaired) electrons. The quantitative estimate of drug-likeness (QED) is 0.518.